The number of nitrogens with two attached hydrogens (primary N) is 1. The van der Waals surface area contributed by atoms with E-state index in [0.29, 0.717) is 6.42 Å². The molecule has 5 nitrogen and oxygen atoms in total. The monoisotopic (exact) mass is 250 g/mol. The summed E-state index contributed by atoms with van der Waals surface area (Å²) in [5, 5.41) is 14.8. The van der Waals surface area contributed by atoms with Gasteiger partial charge in [0.2, 0.25) is 0 Å². The Bertz CT molecular complexity index is 399. The molecule has 1 rings (SSSR count). The zero-order chi connectivity index (χ0) is 13.1. The van der Waals surface area contributed by atoms with E-state index < -0.39 is 11.7 Å². The zero-order valence-corrected chi connectivity index (χ0v) is 9.15. The quantitative estimate of drug-likeness (QED) is 0.371. The molecule has 17 heavy (non-hydrogen) atoms. The Kier molecular flexibility index (Phi) is 3.97. The number of amidine groups is 1. The number of hydrogen-bond acceptors (Lipinski definition) is 3. The van der Waals surface area contributed by atoms with Crippen LogP contribution in [0.4, 0.5) is 13.2 Å². The lowest BCUT2D eigenvalue weighted by molar-refractivity contribution is -0.137. The van der Waals surface area contributed by atoms with Crippen LogP contribution in [0.5, 0.6) is 0 Å². The highest BCUT2D eigenvalue weighted by Gasteiger charge is 2.32. The molecule has 8 heteroatoms. The molecule has 0 spiro atoms. The van der Waals surface area contributed by atoms with Crippen molar-refractivity contribution < 1.29 is 18.4 Å². The topological polar surface area (TPSA) is 76.4 Å². The van der Waals surface area contributed by atoms with Crippen LogP contribution in [-0.4, -0.2) is 20.8 Å². The Labute approximate surface area is 95.7 Å². The second kappa shape index (κ2) is 5.07. The van der Waals surface area contributed by atoms with Crippen molar-refractivity contribution in [2.45, 2.75) is 32.0 Å². The maximum absolute atomic E-state index is 12.4. The molecule has 0 bridgehead atoms. The number of halogens is 3. The fraction of sp³-hybridized carbons (Fsp3) is 0.556. The maximum atomic E-state index is 12.4. The molecule has 0 saturated carbocycles. The van der Waals surface area contributed by atoms with Crippen molar-refractivity contribution in [3.05, 3.63) is 18.0 Å². The fourth-order valence-electron chi connectivity index (χ4n) is 1.39. The first-order valence-corrected chi connectivity index (χ1v) is 4.96. The molecule has 1 atom stereocenters. The Morgan fingerprint density at radius 1 is 1.65 bits per heavy atom. The molecular weight excluding hydrogens is 237 g/mol. The van der Waals surface area contributed by atoms with Crippen LogP contribution in [0.25, 0.3) is 0 Å². The largest absolute Gasteiger partial charge is 0.419 e. The summed E-state index contributed by atoms with van der Waals surface area (Å²) in [4.78, 5) is 0. The number of aromatic nitrogens is 2. The van der Waals surface area contributed by atoms with Crippen LogP contribution >= 0.6 is 0 Å². The molecule has 0 aliphatic heterocycles. The van der Waals surface area contributed by atoms with Crippen molar-refractivity contribution in [3.8, 4) is 0 Å². The van der Waals surface area contributed by atoms with Gasteiger partial charge < -0.3 is 10.9 Å². The Balaban J connectivity index is 2.87. The van der Waals surface area contributed by atoms with Gasteiger partial charge in [-0.2, -0.15) is 18.3 Å². The third-order valence-corrected chi connectivity index (χ3v) is 2.35. The Morgan fingerprint density at radius 3 is 2.71 bits per heavy atom. The van der Waals surface area contributed by atoms with Crippen LogP contribution < -0.4 is 5.73 Å². The summed E-state index contributed by atoms with van der Waals surface area (Å²) in [6.07, 6.45) is -2.07. The van der Waals surface area contributed by atoms with Gasteiger partial charge in [-0.25, -0.2) is 0 Å². The molecule has 96 valence electrons. The molecule has 0 aliphatic rings. The first-order valence-electron chi connectivity index (χ1n) is 4.96. The van der Waals surface area contributed by atoms with Crippen LogP contribution in [0, 0.1) is 0 Å². The highest BCUT2D eigenvalue weighted by molar-refractivity contribution is 5.79. The average molecular weight is 250 g/mol. The molecular formula is C9H13F3N4O. The third kappa shape index (κ3) is 3.36. The van der Waals surface area contributed by atoms with E-state index >= 15 is 0 Å². The number of nitrogens with zero attached hydrogens (tertiary/aromatic N) is 3. The Hall–Kier alpha value is -1.73. The van der Waals surface area contributed by atoms with Gasteiger partial charge in [-0.15, -0.1) is 0 Å². The molecule has 1 unspecified atom stereocenters. The SMILES string of the molecule is CCC(CC(N)=NO)n1cc(C(F)(F)F)cn1. The lowest BCUT2D eigenvalue weighted by atomic mass is 10.1. The lowest BCUT2D eigenvalue weighted by Crippen LogP contribution is -2.20. The van der Waals surface area contributed by atoms with Crippen molar-refractivity contribution in [3.63, 3.8) is 0 Å². The van der Waals surface area contributed by atoms with Gasteiger partial charge in [0.05, 0.1) is 17.8 Å². The third-order valence-electron chi connectivity index (χ3n) is 2.35. The summed E-state index contributed by atoms with van der Waals surface area (Å²) in [5.74, 6) is -0.0408. The van der Waals surface area contributed by atoms with E-state index in [1.54, 1.807) is 6.92 Å². The summed E-state index contributed by atoms with van der Waals surface area (Å²) < 4.78 is 38.2. The van der Waals surface area contributed by atoms with Crippen LogP contribution in [0.15, 0.2) is 17.5 Å². The van der Waals surface area contributed by atoms with Gasteiger partial charge in [-0.05, 0) is 6.42 Å². The van der Waals surface area contributed by atoms with Crippen molar-refractivity contribution >= 4 is 5.84 Å². The molecule has 0 radical (unpaired) electrons. The van der Waals surface area contributed by atoms with E-state index in [9.17, 15) is 13.2 Å². The van der Waals surface area contributed by atoms with Crippen molar-refractivity contribution in [1.29, 1.82) is 0 Å². The van der Waals surface area contributed by atoms with Gasteiger partial charge in [0.15, 0.2) is 0 Å². The van der Waals surface area contributed by atoms with Gasteiger partial charge in [0.25, 0.3) is 0 Å². The molecule has 0 amide bonds. The summed E-state index contributed by atoms with van der Waals surface area (Å²) >= 11 is 0. The minimum Gasteiger partial charge on any atom is -0.409 e. The molecule has 0 fully saturated rings. The summed E-state index contributed by atoms with van der Waals surface area (Å²) in [7, 11) is 0. The number of rotatable bonds is 4. The number of alkyl halides is 3. The first-order chi connectivity index (χ1) is 7.88. The van der Waals surface area contributed by atoms with E-state index in [0.717, 1.165) is 12.4 Å². The lowest BCUT2D eigenvalue weighted by Gasteiger charge is -2.14. The second-order valence-electron chi connectivity index (χ2n) is 3.56. The molecule has 3 N–H and O–H groups in total. The fourth-order valence-corrected chi connectivity index (χ4v) is 1.39. The van der Waals surface area contributed by atoms with Gasteiger partial charge >= 0.3 is 6.18 Å². The number of hydrogen-bond donors (Lipinski definition) is 2. The van der Waals surface area contributed by atoms with Gasteiger partial charge in [-0.1, -0.05) is 12.1 Å². The van der Waals surface area contributed by atoms with Crippen LogP contribution in [-0.2, 0) is 6.18 Å². The summed E-state index contributed by atoms with van der Waals surface area (Å²) in [6, 6.07) is -0.359. The smallest absolute Gasteiger partial charge is 0.409 e. The van der Waals surface area contributed by atoms with Crippen molar-refractivity contribution in [2.24, 2.45) is 10.9 Å². The highest BCUT2D eigenvalue weighted by Crippen LogP contribution is 2.29. The van der Waals surface area contributed by atoms with Crippen molar-refractivity contribution in [1.82, 2.24) is 9.78 Å². The molecule has 1 aromatic heterocycles. The minimum atomic E-state index is -4.41. The number of oxime groups is 1. The van der Waals surface area contributed by atoms with Gasteiger partial charge in [0.1, 0.15) is 5.84 Å². The maximum Gasteiger partial charge on any atom is 0.419 e. The zero-order valence-electron chi connectivity index (χ0n) is 9.15. The standard InChI is InChI=1S/C9H13F3N4O/c1-2-7(3-8(13)15-17)16-5-6(4-14-16)9(10,11)12/h4-5,7,17H,2-3H2,1H3,(H2,13,15). The Morgan fingerprint density at radius 2 is 2.29 bits per heavy atom. The normalized spacial score (nSPS) is 14.9. The molecule has 0 saturated heterocycles. The molecule has 0 aliphatic carbocycles. The van der Waals surface area contributed by atoms with Gasteiger partial charge in [-0.3, -0.25) is 4.68 Å². The van der Waals surface area contributed by atoms with Crippen LogP contribution in [0.3, 0.4) is 0 Å². The predicted octanol–water partition coefficient (Wildman–Crippen LogP) is 1.99. The summed E-state index contributed by atoms with van der Waals surface area (Å²) in [5.41, 5.74) is 4.51. The molecule has 0 aromatic carbocycles. The molecule has 1 heterocycles. The predicted molar refractivity (Wildman–Crippen MR) is 54.6 cm³/mol. The van der Waals surface area contributed by atoms with E-state index in [2.05, 4.69) is 10.3 Å². The first kappa shape index (κ1) is 13.3. The minimum absolute atomic E-state index is 0.0408. The summed E-state index contributed by atoms with van der Waals surface area (Å²) in [6.45, 7) is 1.78. The van der Waals surface area contributed by atoms with E-state index in [1.165, 1.54) is 4.68 Å². The average Bonchev–Trinajstić information content (AvgIpc) is 2.74. The van der Waals surface area contributed by atoms with E-state index in [1.807, 2.05) is 0 Å². The van der Waals surface area contributed by atoms with Crippen LogP contribution in [0.1, 0.15) is 31.4 Å². The second-order valence-corrected chi connectivity index (χ2v) is 3.56. The highest BCUT2D eigenvalue weighted by atomic mass is 19.4. The van der Waals surface area contributed by atoms with E-state index in [4.69, 9.17) is 10.9 Å². The molecule has 1 aromatic rings. The van der Waals surface area contributed by atoms with E-state index in [-0.39, 0.29) is 18.3 Å². The van der Waals surface area contributed by atoms with Crippen LogP contribution in [0.2, 0.25) is 0 Å². The van der Waals surface area contributed by atoms with Gasteiger partial charge in [0, 0.05) is 12.6 Å². The van der Waals surface area contributed by atoms with Crippen molar-refractivity contribution in [2.75, 3.05) is 0 Å².